The third-order valence-electron chi connectivity index (χ3n) is 4.57. The molecule has 2 atom stereocenters. The summed E-state index contributed by atoms with van der Waals surface area (Å²) in [6.07, 6.45) is 7.81. The van der Waals surface area contributed by atoms with Crippen molar-refractivity contribution in [1.29, 1.82) is 0 Å². The molecule has 3 N–H and O–H groups in total. The van der Waals surface area contributed by atoms with Gasteiger partial charge in [0.25, 0.3) is 0 Å². The van der Waals surface area contributed by atoms with Crippen molar-refractivity contribution in [1.82, 2.24) is 20.9 Å². The molecule has 9 nitrogen and oxygen atoms in total. The molecule has 1 aliphatic heterocycles. The number of nitrogens with zero attached hydrogens (tertiary/aromatic N) is 1. The van der Waals surface area contributed by atoms with Crippen molar-refractivity contribution in [3.63, 3.8) is 0 Å². The van der Waals surface area contributed by atoms with Crippen molar-refractivity contribution in [2.75, 3.05) is 27.2 Å². The summed E-state index contributed by atoms with van der Waals surface area (Å²) < 4.78 is 4.98. The average Bonchev–Trinajstić information content (AvgIpc) is 3.57. The van der Waals surface area contributed by atoms with Crippen LogP contribution >= 0.6 is 11.6 Å². The number of carbonyl (C=O) groups excluding carboxylic acids is 4. The van der Waals surface area contributed by atoms with Gasteiger partial charge in [0.1, 0.15) is 11.9 Å². The van der Waals surface area contributed by atoms with Crippen molar-refractivity contribution in [3.8, 4) is 0 Å². The van der Waals surface area contributed by atoms with Gasteiger partial charge in [-0.3, -0.25) is 14.5 Å². The van der Waals surface area contributed by atoms with Crippen molar-refractivity contribution >= 4 is 36.3 Å². The average molecular weight is 549 g/mol. The van der Waals surface area contributed by atoms with Crippen molar-refractivity contribution in [2.45, 2.75) is 104 Å². The van der Waals surface area contributed by atoms with Crippen LogP contribution in [0.1, 0.15) is 80.6 Å². The normalized spacial score (nSPS) is 16.8. The van der Waals surface area contributed by atoms with Crippen LogP contribution in [0, 0.1) is 5.92 Å². The Labute approximate surface area is 230 Å². The number of allylic oxidation sites excluding steroid dienone is 1. The van der Waals surface area contributed by atoms with Gasteiger partial charge in [0.15, 0.2) is 0 Å². The smallest absolute Gasteiger partial charge is 0.408 e. The molecular weight excluding hydrogens is 496 g/mol. The maximum Gasteiger partial charge on any atom is 0.408 e. The zero-order valence-corrected chi connectivity index (χ0v) is 25.3. The van der Waals surface area contributed by atoms with Crippen molar-refractivity contribution in [3.05, 3.63) is 12.7 Å². The zero-order valence-electron chi connectivity index (χ0n) is 24.6. The number of nitrogens with one attached hydrogen (secondary N) is 3. The third-order valence-corrected chi connectivity index (χ3v) is 4.57. The molecule has 1 saturated carbocycles. The van der Waals surface area contributed by atoms with Crippen molar-refractivity contribution < 1.29 is 23.9 Å². The van der Waals surface area contributed by atoms with Gasteiger partial charge in [-0.15, -0.1) is 18.2 Å². The first kappa shape index (κ1) is 39.4. The fourth-order valence-electron chi connectivity index (χ4n) is 2.67. The summed E-state index contributed by atoms with van der Waals surface area (Å²) in [6, 6.07) is -0.521. The maximum atomic E-state index is 11.3. The number of alkyl carbamates (subject to hydrolysis) is 1. The molecule has 0 radical (unpaired) electrons. The number of carbonyl (C=O) groups is 4. The number of rotatable bonds is 8. The van der Waals surface area contributed by atoms with Gasteiger partial charge in [-0.05, 0) is 86.2 Å². The Kier molecular flexibility index (Phi) is 25.8. The standard InChI is InChI=1S/C10H18N2O4.C7H14N2O.C5H8.C3H7Cl.C2H6/c1-10(2,3)16-9(15)12-8(6-13)4-5-11-7-14;1-8-7(10)6-4-3-5-9(6)2;1-2-5-3-4-5;1-3(2)4;1-2/h6-8H,4-5H2,1-3H3,(H,11,14)(H,12,15);6H,3-5H2,1-2H3,(H,8,10);2,5H,1,3-4H2;3H,1-2H3;1-2H3. The molecule has 37 heavy (non-hydrogen) atoms. The van der Waals surface area contributed by atoms with Crippen LogP contribution in [-0.4, -0.2) is 79.8 Å². The molecule has 0 bridgehead atoms. The van der Waals surface area contributed by atoms with E-state index in [4.69, 9.17) is 16.3 Å². The molecule has 0 spiro atoms. The second-order valence-corrected chi connectivity index (χ2v) is 10.5. The number of alkyl halides is 1. The summed E-state index contributed by atoms with van der Waals surface area (Å²) in [6.45, 7) is 18.1. The molecule has 2 unspecified atom stereocenters. The fourth-order valence-corrected chi connectivity index (χ4v) is 2.67. The predicted molar refractivity (Wildman–Crippen MR) is 153 cm³/mol. The number of hydrogen-bond donors (Lipinski definition) is 3. The maximum absolute atomic E-state index is 11.3. The molecule has 2 fully saturated rings. The van der Waals surface area contributed by atoms with E-state index in [-0.39, 0.29) is 11.9 Å². The van der Waals surface area contributed by atoms with E-state index in [2.05, 4.69) is 27.4 Å². The van der Waals surface area contributed by atoms with Crippen LogP contribution in [-0.2, 0) is 19.1 Å². The Morgan fingerprint density at radius 2 is 1.70 bits per heavy atom. The highest BCUT2D eigenvalue weighted by Gasteiger charge is 2.26. The topological polar surface area (TPSA) is 117 Å². The largest absolute Gasteiger partial charge is 0.444 e. The number of halogens is 1. The summed E-state index contributed by atoms with van der Waals surface area (Å²) in [4.78, 5) is 45.0. The van der Waals surface area contributed by atoms with E-state index >= 15 is 0 Å². The summed E-state index contributed by atoms with van der Waals surface area (Å²) in [7, 11) is 3.68. The van der Waals surface area contributed by atoms with E-state index in [1.165, 1.54) is 12.8 Å². The summed E-state index contributed by atoms with van der Waals surface area (Å²) in [5, 5.41) is 7.76. The van der Waals surface area contributed by atoms with Gasteiger partial charge in [-0.1, -0.05) is 19.9 Å². The Bertz CT molecular complexity index is 620. The Hall–Kier alpha value is -2.13. The monoisotopic (exact) mass is 548 g/mol. The molecule has 1 heterocycles. The second-order valence-electron chi connectivity index (χ2n) is 9.59. The number of ether oxygens (including phenoxy) is 1. The van der Waals surface area contributed by atoms with Crippen LogP contribution in [0.3, 0.4) is 0 Å². The van der Waals surface area contributed by atoms with E-state index < -0.39 is 17.7 Å². The Morgan fingerprint density at radius 1 is 1.16 bits per heavy atom. The lowest BCUT2D eigenvalue weighted by Crippen LogP contribution is -2.41. The van der Waals surface area contributed by atoms with Crippen LogP contribution < -0.4 is 16.0 Å². The van der Waals surface area contributed by atoms with Crippen LogP contribution in [0.15, 0.2) is 12.7 Å². The van der Waals surface area contributed by atoms with E-state index in [0.29, 0.717) is 31.0 Å². The zero-order chi connectivity index (χ0) is 29.4. The lowest BCUT2D eigenvalue weighted by atomic mass is 10.2. The van der Waals surface area contributed by atoms with Gasteiger partial charge in [0.2, 0.25) is 12.3 Å². The van der Waals surface area contributed by atoms with E-state index in [1.807, 2.05) is 40.8 Å². The van der Waals surface area contributed by atoms with Crippen LogP contribution in [0.2, 0.25) is 0 Å². The molecule has 0 aromatic rings. The highest BCUT2D eigenvalue weighted by Crippen LogP contribution is 2.28. The van der Waals surface area contributed by atoms with Gasteiger partial charge < -0.3 is 25.5 Å². The predicted octanol–water partition coefficient (Wildman–Crippen LogP) is 4.28. The molecule has 0 aromatic heterocycles. The van der Waals surface area contributed by atoms with Crippen LogP contribution in [0.4, 0.5) is 4.79 Å². The highest BCUT2D eigenvalue weighted by molar-refractivity contribution is 6.20. The minimum Gasteiger partial charge on any atom is -0.444 e. The summed E-state index contributed by atoms with van der Waals surface area (Å²) >= 11 is 5.27. The first-order chi connectivity index (χ1) is 17.3. The molecule has 0 aromatic carbocycles. The van der Waals surface area contributed by atoms with E-state index in [1.54, 1.807) is 27.8 Å². The van der Waals surface area contributed by atoms with Gasteiger partial charge >= 0.3 is 6.09 Å². The SMILES string of the molecule is C=CC1CC1.CC.CC(C)(C)OC(=O)NC(C=O)CCNC=O.CC(C)Cl.CNC(=O)C1CCCN1C. The first-order valence-electron chi connectivity index (χ1n) is 13.1. The minimum atomic E-state index is -0.651. The molecular formula is C27H53ClN4O5. The molecule has 10 heteroatoms. The lowest BCUT2D eigenvalue weighted by Gasteiger charge is -2.21. The fraction of sp³-hybridized carbons (Fsp3) is 0.778. The van der Waals surface area contributed by atoms with Gasteiger partial charge in [0.05, 0.1) is 12.1 Å². The summed E-state index contributed by atoms with van der Waals surface area (Å²) in [5.74, 6) is 1.05. The number of aldehydes is 1. The third kappa shape index (κ3) is 28.3. The van der Waals surface area contributed by atoms with Gasteiger partial charge in [-0.25, -0.2) is 4.79 Å². The summed E-state index contributed by atoms with van der Waals surface area (Å²) in [5.41, 5.74) is -0.599. The molecule has 218 valence electrons. The molecule has 2 aliphatic rings. The Balaban J connectivity index is -0.000000463. The second kappa shape index (κ2) is 24.2. The number of hydrogen-bond acceptors (Lipinski definition) is 6. The number of likely N-dealkylation sites (N-methyl/N-ethyl adjacent to an activating group) is 2. The van der Waals surface area contributed by atoms with E-state index in [0.717, 1.165) is 25.3 Å². The van der Waals surface area contributed by atoms with Gasteiger partial charge in [0, 0.05) is 19.0 Å². The molecule has 3 amide bonds. The number of amides is 3. The van der Waals surface area contributed by atoms with Crippen LogP contribution in [0.5, 0.6) is 0 Å². The number of likely N-dealkylation sites (tertiary alicyclic amines) is 1. The highest BCUT2D eigenvalue weighted by atomic mass is 35.5. The molecule has 1 saturated heterocycles. The first-order valence-corrected chi connectivity index (χ1v) is 13.5. The lowest BCUT2D eigenvalue weighted by molar-refractivity contribution is -0.124. The quantitative estimate of drug-likeness (QED) is 0.180. The van der Waals surface area contributed by atoms with Crippen molar-refractivity contribution in [2.24, 2.45) is 5.92 Å². The van der Waals surface area contributed by atoms with E-state index in [9.17, 15) is 19.2 Å². The van der Waals surface area contributed by atoms with Gasteiger partial charge in [-0.2, -0.15) is 0 Å². The molecule has 1 aliphatic carbocycles. The molecule has 2 rings (SSSR count). The van der Waals surface area contributed by atoms with Crippen LogP contribution in [0.25, 0.3) is 0 Å². The Morgan fingerprint density at radius 3 is 2.00 bits per heavy atom. The minimum absolute atomic E-state index is 0.130.